The highest BCUT2D eigenvalue weighted by Crippen LogP contribution is 2.34. The summed E-state index contributed by atoms with van der Waals surface area (Å²) in [6, 6.07) is 11.1. The van der Waals surface area contributed by atoms with Crippen LogP contribution in [0.15, 0.2) is 42.6 Å². The summed E-state index contributed by atoms with van der Waals surface area (Å²) in [4.78, 5) is 5.81. The maximum Gasteiger partial charge on any atom is 0.165 e. The van der Waals surface area contributed by atoms with Crippen molar-refractivity contribution in [2.75, 3.05) is 32.6 Å². The maximum atomic E-state index is 13.6. The van der Waals surface area contributed by atoms with Crippen molar-refractivity contribution in [2.24, 2.45) is 0 Å². The van der Waals surface area contributed by atoms with E-state index in [0.29, 0.717) is 5.92 Å². The molecule has 1 aliphatic heterocycles. The van der Waals surface area contributed by atoms with Crippen molar-refractivity contribution >= 4 is 22.3 Å². The van der Waals surface area contributed by atoms with Gasteiger partial charge in [-0.3, -0.25) is 0 Å². The van der Waals surface area contributed by atoms with Gasteiger partial charge in [-0.15, -0.1) is 0 Å². The molecule has 0 aliphatic carbocycles. The second-order valence-electron chi connectivity index (χ2n) is 7.06. The SMILES string of the molecule is COc1cc(Nc2ccc3c(C4CCN(C)CC4)c[nH]c3c2)ccc1F. The third-order valence-corrected chi connectivity index (χ3v) is 5.31. The van der Waals surface area contributed by atoms with Gasteiger partial charge in [0.15, 0.2) is 11.6 Å². The molecular formula is C21H24FN3O. The summed E-state index contributed by atoms with van der Waals surface area (Å²) in [5, 5.41) is 4.61. The molecule has 3 aromatic rings. The molecule has 4 rings (SSSR count). The van der Waals surface area contributed by atoms with Crippen molar-refractivity contribution in [3.05, 3.63) is 54.0 Å². The molecule has 2 N–H and O–H groups in total. The van der Waals surface area contributed by atoms with Crippen LogP contribution in [-0.4, -0.2) is 37.1 Å². The minimum atomic E-state index is -0.361. The molecule has 2 heterocycles. The van der Waals surface area contributed by atoms with E-state index in [1.54, 1.807) is 12.1 Å². The molecule has 0 unspecified atom stereocenters. The first-order chi connectivity index (χ1) is 12.6. The maximum absolute atomic E-state index is 13.6. The van der Waals surface area contributed by atoms with Gasteiger partial charge in [-0.2, -0.15) is 0 Å². The molecule has 2 aromatic carbocycles. The number of aromatic amines is 1. The first kappa shape index (κ1) is 16.9. The van der Waals surface area contributed by atoms with Crippen LogP contribution in [0.4, 0.5) is 15.8 Å². The number of aromatic nitrogens is 1. The number of likely N-dealkylation sites (tertiary alicyclic amines) is 1. The summed E-state index contributed by atoms with van der Waals surface area (Å²) in [5.41, 5.74) is 4.30. The Morgan fingerprint density at radius 3 is 2.62 bits per heavy atom. The van der Waals surface area contributed by atoms with Gasteiger partial charge < -0.3 is 19.9 Å². The van der Waals surface area contributed by atoms with E-state index in [1.165, 1.54) is 37.0 Å². The quantitative estimate of drug-likeness (QED) is 0.703. The van der Waals surface area contributed by atoms with E-state index in [2.05, 4.69) is 46.6 Å². The Kier molecular flexibility index (Phi) is 4.55. The lowest BCUT2D eigenvalue weighted by Crippen LogP contribution is -2.29. The Balaban J connectivity index is 1.57. The largest absolute Gasteiger partial charge is 0.494 e. The minimum Gasteiger partial charge on any atom is -0.494 e. The summed E-state index contributed by atoms with van der Waals surface area (Å²) in [5.74, 6) is 0.501. The van der Waals surface area contributed by atoms with Crippen LogP contribution in [0, 0.1) is 5.82 Å². The number of piperidine rings is 1. The third-order valence-electron chi connectivity index (χ3n) is 5.31. The Bertz CT molecular complexity index is 913. The van der Waals surface area contributed by atoms with E-state index >= 15 is 0 Å². The molecule has 26 heavy (non-hydrogen) atoms. The molecule has 136 valence electrons. The monoisotopic (exact) mass is 353 g/mol. The second kappa shape index (κ2) is 7.00. The number of hydrogen-bond acceptors (Lipinski definition) is 3. The summed E-state index contributed by atoms with van der Waals surface area (Å²) in [7, 11) is 3.66. The fraction of sp³-hybridized carbons (Fsp3) is 0.333. The molecule has 5 heteroatoms. The molecular weight excluding hydrogens is 329 g/mol. The molecule has 0 radical (unpaired) electrons. The van der Waals surface area contributed by atoms with Gasteiger partial charge in [-0.25, -0.2) is 4.39 Å². The summed E-state index contributed by atoms with van der Waals surface area (Å²) < 4.78 is 18.6. The van der Waals surface area contributed by atoms with Gasteiger partial charge in [-0.05, 0) is 68.7 Å². The highest BCUT2D eigenvalue weighted by atomic mass is 19.1. The van der Waals surface area contributed by atoms with Crippen molar-refractivity contribution in [1.29, 1.82) is 0 Å². The number of nitrogens with one attached hydrogen (secondary N) is 2. The summed E-state index contributed by atoms with van der Waals surface area (Å²) in [6.45, 7) is 2.31. The lowest BCUT2D eigenvalue weighted by Gasteiger charge is -2.28. The smallest absolute Gasteiger partial charge is 0.165 e. The minimum absolute atomic E-state index is 0.237. The predicted octanol–water partition coefficient (Wildman–Crippen LogP) is 4.87. The molecule has 0 atom stereocenters. The second-order valence-corrected chi connectivity index (χ2v) is 7.06. The lowest BCUT2D eigenvalue weighted by atomic mass is 9.89. The molecule has 4 nitrogen and oxygen atoms in total. The fourth-order valence-electron chi connectivity index (χ4n) is 3.79. The van der Waals surface area contributed by atoms with E-state index in [0.717, 1.165) is 30.0 Å². The number of halogens is 1. The normalized spacial score (nSPS) is 16.1. The molecule has 1 aliphatic rings. The third kappa shape index (κ3) is 3.27. The van der Waals surface area contributed by atoms with Crippen molar-refractivity contribution in [2.45, 2.75) is 18.8 Å². The van der Waals surface area contributed by atoms with Crippen molar-refractivity contribution in [3.8, 4) is 5.75 Å². The Morgan fingerprint density at radius 1 is 1.12 bits per heavy atom. The van der Waals surface area contributed by atoms with E-state index < -0.39 is 0 Å². The number of ether oxygens (including phenoxy) is 1. The number of rotatable bonds is 4. The number of nitrogens with zero attached hydrogens (tertiary/aromatic N) is 1. The van der Waals surface area contributed by atoms with Crippen LogP contribution >= 0.6 is 0 Å². The average molecular weight is 353 g/mol. The lowest BCUT2D eigenvalue weighted by molar-refractivity contribution is 0.256. The van der Waals surface area contributed by atoms with Crippen LogP contribution in [0.1, 0.15) is 24.3 Å². The van der Waals surface area contributed by atoms with Crippen LogP contribution < -0.4 is 10.1 Å². The number of methoxy groups -OCH3 is 1. The Hall–Kier alpha value is -2.53. The first-order valence-electron chi connectivity index (χ1n) is 9.04. The molecule has 1 aromatic heterocycles. The van der Waals surface area contributed by atoms with Crippen molar-refractivity contribution in [3.63, 3.8) is 0 Å². The highest BCUT2D eigenvalue weighted by Gasteiger charge is 2.21. The van der Waals surface area contributed by atoms with Crippen LogP contribution in [0.3, 0.4) is 0 Å². The van der Waals surface area contributed by atoms with Crippen LogP contribution in [0.5, 0.6) is 5.75 Å². The van der Waals surface area contributed by atoms with E-state index in [9.17, 15) is 4.39 Å². The average Bonchev–Trinajstić information content (AvgIpc) is 3.07. The Morgan fingerprint density at radius 2 is 1.85 bits per heavy atom. The predicted molar refractivity (Wildman–Crippen MR) is 104 cm³/mol. The van der Waals surface area contributed by atoms with E-state index in [4.69, 9.17) is 4.74 Å². The number of anilines is 2. The van der Waals surface area contributed by atoms with Crippen molar-refractivity contribution < 1.29 is 9.13 Å². The van der Waals surface area contributed by atoms with Gasteiger partial charge in [0.1, 0.15) is 0 Å². The number of H-pyrrole nitrogens is 1. The van der Waals surface area contributed by atoms with Gasteiger partial charge in [0.25, 0.3) is 0 Å². The number of hydrogen-bond donors (Lipinski definition) is 2. The van der Waals surface area contributed by atoms with Gasteiger partial charge in [-0.1, -0.05) is 6.07 Å². The van der Waals surface area contributed by atoms with Crippen molar-refractivity contribution in [1.82, 2.24) is 9.88 Å². The molecule has 1 fully saturated rings. The van der Waals surface area contributed by atoms with Crippen LogP contribution in [0.25, 0.3) is 10.9 Å². The molecule has 0 amide bonds. The number of fused-ring (bicyclic) bond motifs is 1. The van der Waals surface area contributed by atoms with Gasteiger partial charge in [0.05, 0.1) is 7.11 Å². The number of benzene rings is 2. The first-order valence-corrected chi connectivity index (χ1v) is 9.04. The summed E-state index contributed by atoms with van der Waals surface area (Å²) in [6.07, 6.45) is 4.57. The van der Waals surface area contributed by atoms with E-state index in [-0.39, 0.29) is 11.6 Å². The highest BCUT2D eigenvalue weighted by molar-refractivity contribution is 5.87. The van der Waals surface area contributed by atoms with Gasteiger partial charge in [0, 0.05) is 34.5 Å². The zero-order valence-electron chi connectivity index (χ0n) is 15.2. The van der Waals surface area contributed by atoms with Crippen LogP contribution in [-0.2, 0) is 0 Å². The molecule has 0 saturated carbocycles. The zero-order chi connectivity index (χ0) is 18.1. The van der Waals surface area contributed by atoms with Gasteiger partial charge >= 0.3 is 0 Å². The van der Waals surface area contributed by atoms with E-state index in [1.807, 2.05) is 0 Å². The standard InChI is InChI=1S/C21H24FN3O/c1-25-9-7-14(8-10-25)18-13-23-20-11-15(3-5-17(18)20)24-16-4-6-19(22)21(12-16)26-2/h3-6,11-14,23-24H,7-10H2,1-2H3. The summed E-state index contributed by atoms with van der Waals surface area (Å²) >= 11 is 0. The van der Waals surface area contributed by atoms with Crippen LogP contribution in [0.2, 0.25) is 0 Å². The molecule has 1 saturated heterocycles. The topological polar surface area (TPSA) is 40.3 Å². The Labute approximate surface area is 153 Å². The molecule has 0 spiro atoms. The molecule has 0 bridgehead atoms. The fourth-order valence-corrected chi connectivity index (χ4v) is 3.79. The van der Waals surface area contributed by atoms with Gasteiger partial charge in [0.2, 0.25) is 0 Å². The zero-order valence-corrected chi connectivity index (χ0v) is 15.2.